The predicted octanol–water partition coefficient (Wildman–Crippen LogP) is 4.71. The Morgan fingerprint density at radius 3 is 2.26 bits per heavy atom. The van der Waals surface area contributed by atoms with Crippen LogP contribution in [0.5, 0.6) is 5.75 Å². The number of benzene rings is 2. The fourth-order valence-electron chi connectivity index (χ4n) is 2.22. The zero-order valence-corrected chi connectivity index (χ0v) is 16.6. The maximum absolute atomic E-state index is 13.0. The summed E-state index contributed by atoms with van der Waals surface area (Å²) in [6, 6.07) is 13.9. The molecule has 27 heavy (non-hydrogen) atoms. The van der Waals surface area contributed by atoms with Crippen molar-refractivity contribution in [1.29, 1.82) is 0 Å². The Labute approximate surface area is 165 Å². The Hall–Kier alpha value is -1.93. The van der Waals surface area contributed by atoms with E-state index in [0.29, 0.717) is 12.4 Å². The molecule has 0 fully saturated rings. The van der Waals surface area contributed by atoms with Crippen LogP contribution in [0.4, 0.5) is 4.39 Å². The van der Waals surface area contributed by atoms with Crippen LogP contribution in [-0.2, 0) is 6.61 Å². The molecule has 0 spiro atoms. The lowest BCUT2D eigenvalue weighted by Gasteiger charge is -2.24. The lowest BCUT2D eigenvalue weighted by molar-refractivity contribution is -0.0606. The zero-order chi connectivity index (χ0) is 19.4. The van der Waals surface area contributed by atoms with Crippen LogP contribution in [-0.4, -0.2) is 26.2 Å². The van der Waals surface area contributed by atoms with Crippen molar-refractivity contribution in [3.8, 4) is 16.9 Å². The molecule has 0 amide bonds. The molecule has 0 unspecified atom stereocenters. The molecule has 1 heterocycles. The number of thioether (sulfide) groups is 1. The number of aliphatic hydroxyl groups excluding tert-OH is 1. The Kier molecular flexibility index (Phi) is 6.16. The third kappa shape index (κ3) is 5.29. The molecule has 0 atom stereocenters. The first-order valence-corrected chi connectivity index (χ1v) is 10.0. The van der Waals surface area contributed by atoms with Crippen molar-refractivity contribution >= 4 is 23.1 Å². The second-order valence-corrected chi connectivity index (χ2v) is 9.26. The molecule has 0 aliphatic heterocycles. The number of thiazole rings is 1. The van der Waals surface area contributed by atoms with Gasteiger partial charge in [-0.1, -0.05) is 36.0 Å². The first-order chi connectivity index (χ1) is 12.8. The van der Waals surface area contributed by atoms with Gasteiger partial charge in [0.2, 0.25) is 0 Å². The highest BCUT2D eigenvalue weighted by Gasteiger charge is 2.28. The second kappa shape index (κ2) is 8.39. The van der Waals surface area contributed by atoms with Crippen molar-refractivity contribution in [2.75, 3.05) is 0 Å². The first kappa shape index (κ1) is 19.8. The highest BCUT2D eigenvalue weighted by atomic mass is 32.2. The fraction of sp³-hybridized carbons (Fsp3) is 0.250. The van der Waals surface area contributed by atoms with Crippen molar-refractivity contribution < 1.29 is 19.3 Å². The van der Waals surface area contributed by atoms with Crippen molar-refractivity contribution in [2.45, 2.75) is 35.8 Å². The maximum atomic E-state index is 13.0. The molecule has 142 valence electrons. The minimum Gasteiger partial charge on any atom is -0.487 e. The third-order valence-electron chi connectivity index (χ3n) is 3.92. The highest BCUT2D eigenvalue weighted by Crippen LogP contribution is 2.36. The van der Waals surface area contributed by atoms with Gasteiger partial charge >= 0.3 is 0 Å². The molecular weight excluding hydrogens is 385 g/mol. The molecule has 1 aromatic heterocycles. The fourth-order valence-corrected chi connectivity index (χ4v) is 4.45. The van der Waals surface area contributed by atoms with Gasteiger partial charge in [0, 0.05) is 5.38 Å². The predicted molar refractivity (Wildman–Crippen MR) is 106 cm³/mol. The Morgan fingerprint density at radius 2 is 1.67 bits per heavy atom. The van der Waals surface area contributed by atoms with E-state index < -0.39 is 11.0 Å². The summed E-state index contributed by atoms with van der Waals surface area (Å²) in [7, 11) is 0. The van der Waals surface area contributed by atoms with Gasteiger partial charge in [-0.3, -0.25) is 0 Å². The van der Waals surface area contributed by atoms with Crippen molar-refractivity contribution in [1.82, 2.24) is 4.98 Å². The van der Waals surface area contributed by atoms with Crippen LogP contribution >= 0.6 is 23.1 Å². The van der Waals surface area contributed by atoms with E-state index >= 15 is 0 Å². The number of ether oxygens (including phenoxy) is 1. The standard InChI is InChI=1S/C20H20FNO3S2/c1-20(2,18(23)24)27-19-22-16(12-26-19)11-25-17-9-5-14(6-10-17)13-3-7-15(21)8-4-13/h3-10,12,18,23-24H,11H2,1-2H3. The molecule has 0 saturated carbocycles. The van der Waals surface area contributed by atoms with E-state index in [4.69, 9.17) is 4.74 Å². The third-order valence-corrected chi connectivity index (χ3v) is 6.15. The van der Waals surface area contributed by atoms with E-state index in [9.17, 15) is 14.6 Å². The molecule has 4 nitrogen and oxygen atoms in total. The van der Waals surface area contributed by atoms with E-state index in [1.807, 2.05) is 29.6 Å². The van der Waals surface area contributed by atoms with Gasteiger partial charge in [-0.2, -0.15) is 0 Å². The minimum absolute atomic E-state index is 0.253. The van der Waals surface area contributed by atoms with E-state index in [0.717, 1.165) is 21.2 Å². The largest absolute Gasteiger partial charge is 0.487 e. The van der Waals surface area contributed by atoms with E-state index in [1.165, 1.54) is 35.2 Å². The lowest BCUT2D eigenvalue weighted by atomic mass is 10.1. The topological polar surface area (TPSA) is 62.6 Å². The molecule has 3 aromatic rings. The van der Waals surface area contributed by atoms with Crippen LogP contribution in [0.1, 0.15) is 19.5 Å². The summed E-state index contributed by atoms with van der Waals surface area (Å²) in [5.41, 5.74) is 2.71. The molecule has 2 aromatic carbocycles. The summed E-state index contributed by atoms with van der Waals surface area (Å²) >= 11 is 2.77. The van der Waals surface area contributed by atoms with Gasteiger partial charge in [-0.15, -0.1) is 11.3 Å². The summed E-state index contributed by atoms with van der Waals surface area (Å²) in [6.07, 6.45) is -1.43. The first-order valence-electron chi connectivity index (χ1n) is 8.32. The van der Waals surface area contributed by atoms with Gasteiger partial charge in [0.05, 0.1) is 10.4 Å². The molecule has 0 aliphatic rings. The van der Waals surface area contributed by atoms with E-state index in [1.54, 1.807) is 26.0 Å². The molecule has 3 rings (SSSR count). The molecule has 0 bridgehead atoms. The number of hydrogen-bond donors (Lipinski definition) is 2. The Morgan fingerprint density at radius 1 is 1.07 bits per heavy atom. The SMILES string of the molecule is CC(C)(Sc1nc(COc2ccc(-c3ccc(F)cc3)cc2)cs1)C(O)O. The lowest BCUT2D eigenvalue weighted by Crippen LogP contribution is -2.32. The van der Waals surface area contributed by atoms with Crippen molar-refractivity contribution in [3.63, 3.8) is 0 Å². The summed E-state index contributed by atoms with van der Waals surface area (Å²) in [6.45, 7) is 3.83. The monoisotopic (exact) mass is 405 g/mol. The smallest absolute Gasteiger partial charge is 0.166 e. The Bertz CT molecular complexity index is 877. The number of aromatic nitrogens is 1. The number of rotatable bonds is 7. The van der Waals surface area contributed by atoms with Crippen LogP contribution in [0.3, 0.4) is 0 Å². The molecule has 7 heteroatoms. The summed E-state index contributed by atoms with van der Waals surface area (Å²) < 4.78 is 18.8. The van der Waals surface area contributed by atoms with Crippen LogP contribution in [0.25, 0.3) is 11.1 Å². The summed E-state index contributed by atoms with van der Waals surface area (Å²) in [5.74, 6) is 0.463. The zero-order valence-electron chi connectivity index (χ0n) is 14.9. The molecule has 0 saturated heterocycles. The average molecular weight is 406 g/mol. The second-order valence-electron chi connectivity index (χ2n) is 6.50. The van der Waals surface area contributed by atoms with Gasteiger partial charge in [0.25, 0.3) is 0 Å². The number of hydrogen-bond acceptors (Lipinski definition) is 6. The summed E-state index contributed by atoms with van der Waals surface area (Å²) in [4.78, 5) is 4.47. The van der Waals surface area contributed by atoms with E-state index in [2.05, 4.69) is 4.98 Å². The van der Waals surface area contributed by atoms with Crippen LogP contribution in [0, 0.1) is 5.82 Å². The molecule has 0 aliphatic carbocycles. The van der Waals surface area contributed by atoms with Gasteiger partial charge in [0.1, 0.15) is 18.2 Å². The molecular formula is C20H20FNO3S2. The normalized spacial score (nSPS) is 11.8. The number of halogens is 1. The van der Waals surface area contributed by atoms with Crippen LogP contribution < -0.4 is 4.74 Å². The van der Waals surface area contributed by atoms with Gasteiger partial charge in [-0.05, 0) is 49.2 Å². The quantitative estimate of drug-likeness (QED) is 0.440. The van der Waals surface area contributed by atoms with Gasteiger partial charge < -0.3 is 14.9 Å². The summed E-state index contributed by atoms with van der Waals surface area (Å²) in [5, 5.41) is 20.7. The van der Waals surface area contributed by atoms with Gasteiger partial charge in [-0.25, -0.2) is 9.37 Å². The maximum Gasteiger partial charge on any atom is 0.166 e. The van der Waals surface area contributed by atoms with Crippen molar-refractivity contribution in [2.24, 2.45) is 0 Å². The minimum atomic E-state index is -1.43. The number of nitrogens with zero attached hydrogens (tertiary/aromatic N) is 1. The van der Waals surface area contributed by atoms with Crippen LogP contribution in [0.15, 0.2) is 58.3 Å². The van der Waals surface area contributed by atoms with E-state index in [-0.39, 0.29) is 5.82 Å². The van der Waals surface area contributed by atoms with Crippen molar-refractivity contribution in [3.05, 3.63) is 65.4 Å². The molecule has 0 radical (unpaired) electrons. The molecule has 2 N–H and O–H groups in total. The number of aliphatic hydroxyl groups is 2. The highest BCUT2D eigenvalue weighted by molar-refractivity contribution is 8.02. The average Bonchev–Trinajstić information content (AvgIpc) is 3.08. The van der Waals surface area contributed by atoms with Gasteiger partial charge in [0.15, 0.2) is 10.6 Å². The van der Waals surface area contributed by atoms with Crippen LogP contribution in [0.2, 0.25) is 0 Å². The Balaban J connectivity index is 1.58.